The van der Waals surface area contributed by atoms with Crippen molar-refractivity contribution in [2.24, 2.45) is 0 Å². The molecule has 0 unspecified atom stereocenters. The largest absolute Gasteiger partial charge is 0.395 e. The lowest BCUT2D eigenvalue weighted by molar-refractivity contribution is 0.271. The Balaban J connectivity index is 2.36. The average Bonchev–Trinajstić information content (AvgIpc) is 2.57. The number of aliphatic hydroxyl groups excluding tert-OH is 1. The van der Waals surface area contributed by atoms with Crippen molar-refractivity contribution in [3.63, 3.8) is 0 Å². The van der Waals surface area contributed by atoms with Gasteiger partial charge in [0.1, 0.15) is 0 Å². The molecule has 1 aromatic heterocycles. The summed E-state index contributed by atoms with van der Waals surface area (Å²) < 4.78 is 27.9. The van der Waals surface area contributed by atoms with E-state index >= 15 is 0 Å². The van der Waals surface area contributed by atoms with Crippen LogP contribution in [0.15, 0.2) is 55.8 Å². The molecule has 2 aromatic carbocycles. The summed E-state index contributed by atoms with van der Waals surface area (Å²) in [5.41, 5.74) is -1.25. The standard InChI is InChI=1S/C16H11ClN2O5S/c17-9-4-5-12-11(8-9)19-14-10(2-1-3-13(14)25(12,23)24)15(21)18(6-7-20)16(19)22/h1-5,8,20H,6-7H2. The maximum Gasteiger partial charge on any atom is 0.336 e. The lowest BCUT2D eigenvalue weighted by Gasteiger charge is -2.23. The molecule has 0 saturated carbocycles. The van der Waals surface area contributed by atoms with Crippen LogP contribution in [-0.2, 0) is 16.4 Å². The van der Waals surface area contributed by atoms with Crippen molar-refractivity contribution in [1.29, 1.82) is 0 Å². The smallest absolute Gasteiger partial charge is 0.336 e. The molecule has 0 bridgehead atoms. The van der Waals surface area contributed by atoms with Crippen LogP contribution < -0.4 is 11.2 Å². The number of benzene rings is 2. The summed E-state index contributed by atoms with van der Waals surface area (Å²) in [5, 5.41) is 9.51. The van der Waals surface area contributed by atoms with Crippen molar-refractivity contribution in [2.45, 2.75) is 16.3 Å². The van der Waals surface area contributed by atoms with Crippen molar-refractivity contribution >= 4 is 32.3 Å². The Morgan fingerprint density at radius 3 is 2.56 bits per heavy atom. The molecule has 0 fully saturated rings. The van der Waals surface area contributed by atoms with Gasteiger partial charge in [0.15, 0.2) is 0 Å². The number of aliphatic hydroxyl groups is 1. The van der Waals surface area contributed by atoms with Gasteiger partial charge in [0.05, 0.1) is 39.5 Å². The number of sulfone groups is 1. The summed E-state index contributed by atoms with van der Waals surface area (Å²) >= 11 is 6.00. The van der Waals surface area contributed by atoms with E-state index in [0.717, 1.165) is 4.57 Å². The Hall–Kier alpha value is -2.42. The molecular weight excluding hydrogens is 368 g/mol. The molecule has 0 atom stereocenters. The first kappa shape index (κ1) is 16.1. The molecule has 0 amide bonds. The van der Waals surface area contributed by atoms with Crippen molar-refractivity contribution in [3.8, 4) is 5.69 Å². The van der Waals surface area contributed by atoms with E-state index in [4.69, 9.17) is 11.6 Å². The van der Waals surface area contributed by atoms with Crippen LogP contribution in [0.2, 0.25) is 5.02 Å². The summed E-state index contributed by atoms with van der Waals surface area (Å²) in [6, 6.07) is 8.41. The third kappa shape index (κ3) is 2.05. The molecule has 128 valence electrons. The average molecular weight is 379 g/mol. The third-order valence-corrected chi connectivity index (χ3v) is 6.25. The van der Waals surface area contributed by atoms with Gasteiger partial charge in [-0.3, -0.25) is 13.9 Å². The van der Waals surface area contributed by atoms with Crippen molar-refractivity contribution in [2.75, 3.05) is 6.61 Å². The van der Waals surface area contributed by atoms with Crippen molar-refractivity contribution < 1.29 is 13.5 Å². The zero-order valence-electron chi connectivity index (χ0n) is 12.6. The van der Waals surface area contributed by atoms with Crippen LogP contribution in [0.25, 0.3) is 16.6 Å². The summed E-state index contributed by atoms with van der Waals surface area (Å²) in [7, 11) is -3.90. The van der Waals surface area contributed by atoms with Crippen LogP contribution in [0, 0.1) is 0 Å². The van der Waals surface area contributed by atoms with E-state index in [9.17, 15) is 23.1 Å². The van der Waals surface area contributed by atoms with Gasteiger partial charge in [-0.25, -0.2) is 13.2 Å². The fourth-order valence-corrected chi connectivity index (χ4v) is 4.91. The topological polar surface area (TPSA) is 98.4 Å². The summed E-state index contributed by atoms with van der Waals surface area (Å²) in [4.78, 5) is 25.3. The van der Waals surface area contributed by atoms with Crippen LogP contribution in [0.5, 0.6) is 0 Å². The second-order valence-corrected chi connectivity index (χ2v) is 7.89. The highest BCUT2D eigenvalue weighted by Crippen LogP contribution is 2.37. The van der Waals surface area contributed by atoms with E-state index in [1.165, 1.54) is 41.0 Å². The van der Waals surface area contributed by atoms with Gasteiger partial charge in [0.25, 0.3) is 5.56 Å². The zero-order valence-corrected chi connectivity index (χ0v) is 14.2. The molecule has 1 aliphatic heterocycles. The normalized spacial score (nSPS) is 14.5. The number of halogens is 1. The molecule has 0 radical (unpaired) electrons. The minimum atomic E-state index is -3.90. The predicted molar refractivity (Wildman–Crippen MR) is 91.4 cm³/mol. The van der Waals surface area contributed by atoms with E-state index in [1.807, 2.05) is 0 Å². The van der Waals surface area contributed by atoms with Gasteiger partial charge in [0.2, 0.25) is 9.84 Å². The van der Waals surface area contributed by atoms with Crippen molar-refractivity contribution in [1.82, 2.24) is 9.13 Å². The summed E-state index contributed by atoms with van der Waals surface area (Å²) in [6.07, 6.45) is 0. The molecule has 0 saturated heterocycles. The highest BCUT2D eigenvalue weighted by molar-refractivity contribution is 7.92. The number of fused-ring (bicyclic) bond motifs is 2. The zero-order chi connectivity index (χ0) is 17.9. The molecule has 2 heterocycles. The van der Waals surface area contributed by atoms with Crippen LogP contribution in [0.4, 0.5) is 0 Å². The van der Waals surface area contributed by atoms with E-state index in [1.54, 1.807) is 0 Å². The quantitative estimate of drug-likeness (QED) is 0.560. The second-order valence-electron chi connectivity index (χ2n) is 5.57. The number of para-hydroxylation sites is 1. The molecule has 7 nitrogen and oxygen atoms in total. The molecule has 1 aliphatic rings. The van der Waals surface area contributed by atoms with E-state index in [2.05, 4.69) is 0 Å². The van der Waals surface area contributed by atoms with E-state index in [0.29, 0.717) is 0 Å². The van der Waals surface area contributed by atoms with Crippen LogP contribution in [0.3, 0.4) is 0 Å². The molecule has 25 heavy (non-hydrogen) atoms. The lowest BCUT2D eigenvalue weighted by Crippen LogP contribution is -2.42. The molecule has 4 rings (SSSR count). The van der Waals surface area contributed by atoms with Gasteiger partial charge in [0, 0.05) is 5.02 Å². The van der Waals surface area contributed by atoms with Crippen molar-refractivity contribution in [3.05, 3.63) is 62.3 Å². The summed E-state index contributed by atoms with van der Waals surface area (Å²) in [5.74, 6) is 0. The second kappa shape index (κ2) is 5.29. The minimum absolute atomic E-state index is 0.0291. The molecule has 3 aromatic rings. The molecule has 9 heteroatoms. The number of hydrogen-bond donors (Lipinski definition) is 1. The Kier molecular flexibility index (Phi) is 3.40. The molecular formula is C16H11ClN2O5S. The number of aromatic nitrogens is 2. The fourth-order valence-electron chi connectivity index (χ4n) is 3.12. The van der Waals surface area contributed by atoms with Gasteiger partial charge in [-0.05, 0) is 30.3 Å². The van der Waals surface area contributed by atoms with Crippen LogP contribution >= 0.6 is 11.6 Å². The maximum atomic E-state index is 12.9. The maximum absolute atomic E-state index is 12.9. The van der Waals surface area contributed by atoms with Gasteiger partial charge >= 0.3 is 5.69 Å². The molecule has 1 N–H and O–H groups in total. The lowest BCUT2D eigenvalue weighted by atomic mass is 10.2. The van der Waals surface area contributed by atoms with Gasteiger partial charge in [-0.2, -0.15) is 0 Å². The highest BCUT2D eigenvalue weighted by Gasteiger charge is 2.33. The minimum Gasteiger partial charge on any atom is -0.395 e. The first-order valence-corrected chi connectivity index (χ1v) is 9.18. The number of hydrogen-bond acceptors (Lipinski definition) is 5. The monoisotopic (exact) mass is 378 g/mol. The fraction of sp³-hybridized carbons (Fsp3) is 0.125. The Morgan fingerprint density at radius 1 is 1.08 bits per heavy atom. The number of nitrogens with zero attached hydrogens (tertiary/aromatic N) is 2. The van der Waals surface area contributed by atoms with Gasteiger partial charge < -0.3 is 5.11 Å². The Morgan fingerprint density at radius 2 is 1.84 bits per heavy atom. The first-order valence-electron chi connectivity index (χ1n) is 7.32. The van der Waals surface area contributed by atoms with Crippen LogP contribution in [0.1, 0.15) is 0 Å². The van der Waals surface area contributed by atoms with E-state index in [-0.39, 0.29) is 37.9 Å². The van der Waals surface area contributed by atoms with Gasteiger partial charge in [-0.15, -0.1) is 0 Å². The Labute approximate surface area is 146 Å². The summed E-state index contributed by atoms with van der Waals surface area (Å²) in [6.45, 7) is -0.596. The highest BCUT2D eigenvalue weighted by atomic mass is 35.5. The molecule has 0 spiro atoms. The third-order valence-electron chi connectivity index (χ3n) is 4.18. The van der Waals surface area contributed by atoms with Gasteiger partial charge in [-0.1, -0.05) is 17.7 Å². The molecule has 0 aliphatic carbocycles. The Bertz CT molecular complexity index is 1270. The SMILES string of the molecule is O=c1c2cccc3c2n(c(=O)n1CCO)-c1cc(Cl)ccc1S3(=O)=O. The number of rotatable bonds is 2. The van der Waals surface area contributed by atoms with E-state index < -0.39 is 27.7 Å². The van der Waals surface area contributed by atoms with Crippen LogP contribution in [-0.4, -0.2) is 29.3 Å². The first-order chi connectivity index (χ1) is 11.9. The predicted octanol–water partition coefficient (Wildman–Crippen LogP) is 0.944.